The fraction of sp³-hybridized carbons (Fsp3) is 0.318. The molecule has 0 bridgehead atoms. The van der Waals surface area contributed by atoms with Gasteiger partial charge in [-0.15, -0.1) is 0 Å². The number of hydrogen-bond donors (Lipinski definition) is 0. The highest BCUT2D eigenvalue weighted by Gasteiger charge is 2.28. The van der Waals surface area contributed by atoms with Crippen molar-refractivity contribution in [1.82, 2.24) is 14.9 Å². The summed E-state index contributed by atoms with van der Waals surface area (Å²) in [5.74, 6) is 0.0327. The predicted octanol–water partition coefficient (Wildman–Crippen LogP) is 3.85. The number of amides is 1. The first kappa shape index (κ1) is 17.6. The summed E-state index contributed by atoms with van der Waals surface area (Å²) in [7, 11) is 0. The second kappa shape index (κ2) is 7.08. The summed E-state index contributed by atoms with van der Waals surface area (Å²) in [6, 6.07) is 11.8. The third-order valence-electron chi connectivity index (χ3n) is 4.88. The Bertz CT molecular complexity index is 978. The van der Waals surface area contributed by atoms with Crippen LogP contribution in [0.1, 0.15) is 29.8 Å². The van der Waals surface area contributed by atoms with Gasteiger partial charge in [-0.3, -0.25) is 9.78 Å². The predicted molar refractivity (Wildman–Crippen MR) is 106 cm³/mol. The Morgan fingerprint density at radius 1 is 1.07 bits per heavy atom. The van der Waals surface area contributed by atoms with Crippen molar-refractivity contribution < 1.29 is 9.53 Å². The van der Waals surface area contributed by atoms with E-state index in [2.05, 4.69) is 4.98 Å². The van der Waals surface area contributed by atoms with Crippen LogP contribution in [-0.2, 0) is 4.74 Å². The lowest BCUT2D eigenvalue weighted by atomic mass is 10.0. The highest BCUT2D eigenvalue weighted by atomic mass is 16.5. The third-order valence-corrected chi connectivity index (χ3v) is 4.88. The largest absolute Gasteiger partial charge is 0.372 e. The molecule has 0 N–H and O–H groups in total. The molecule has 138 valence electrons. The first-order valence-corrected chi connectivity index (χ1v) is 9.28. The van der Waals surface area contributed by atoms with Crippen molar-refractivity contribution >= 4 is 16.8 Å². The fourth-order valence-corrected chi connectivity index (χ4v) is 3.70. The van der Waals surface area contributed by atoms with Crippen LogP contribution >= 0.6 is 0 Å². The summed E-state index contributed by atoms with van der Waals surface area (Å²) in [4.78, 5) is 24.2. The molecular weight excluding hydrogens is 338 g/mol. The van der Waals surface area contributed by atoms with Crippen LogP contribution < -0.4 is 0 Å². The molecule has 27 heavy (non-hydrogen) atoms. The molecule has 1 saturated heterocycles. The second-order valence-corrected chi connectivity index (χ2v) is 7.28. The highest BCUT2D eigenvalue weighted by molar-refractivity contribution is 6.07. The van der Waals surface area contributed by atoms with Crippen LogP contribution in [0, 0.1) is 6.92 Å². The second-order valence-electron chi connectivity index (χ2n) is 7.28. The van der Waals surface area contributed by atoms with E-state index >= 15 is 0 Å². The first-order valence-electron chi connectivity index (χ1n) is 9.28. The van der Waals surface area contributed by atoms with Crippen molar-refractivity contribution in [1.29, 1.82) is 0 Å². The summed E-state index contributed by atoms with van der Waals surface area (Å²) >= 11 is 0. The summed E-state index contributed by atoms with van der Waals surface area (Å²) < 4.78 is 5.79. The van der Waals surface area contributed by atoms with E-state index in [9.17, 15) is 4.79 Å². The minimum absolute atomic E-state index is 0.0327. The van der Waals surface area contributed by atoms with E-state index in [0.717, 1.165) is 27.7 Å². The molecule has 5 nitrogen and oxygen atoms in total. The van der Waals surface area contributed by atoms with Gasteiger partial charge in [0.1, 0.15) is 0 Å². The molecule has 2 atom stereocenters. The lowest BCUT2D eigenvalue weighted by Gasteiger charge is -2.35. The number of hydrogen-bond acceptors (Lipinski definition) is 4. The maximum Gasteiger partial charge on any atom is 0.254 e. The van der Waals surface area contributed by atoms with Gasteiger partial charge in [0.2, 0.25) is 0 Å². The molecule has 4 rings (SSSR count). The minimum Gasteiger partial charge on any atom is -0.372 e. The van der Waals surface area contributed by atoms with Gasteiger partial charge in [-0.25, -0.2) is 4.98 Å². The van der Waals surface area contributed by atoms with Gasteiger partial charge in [-0.1, -0.05) is 11.6 Å². The molecule has 3 heterocycles. The van der Waals surface area contributed by atoms with Crippen LogP contribution in [0.15, 0.2) is 48.8 Å². The topological polar surface area (TPSA) is 55.3 Å². The SMILES string of the molecule is Cc1ccc2nc(-c3ccncc3)cc(C(=O)N3C[C@@H](C)O[C@H](C)C3)c2c1. The zero-order valence-corrected chi connectivity index (χ0v) is 15.8. The first-order chi connectivity index (χ1) is 13.0. The lowest BCUT2D eigenvalue weighted by Crippen LogP contribution is -2.48. The molecule has 1 aliphatic rings. The molecule has 1 aliphatic heterocycles. The van der Waals surface area contributed by atoms with E-state index in [-0.39, 0.29) is 18.1 Å². The van der Waals surface area contributed by atoms with E-state index in [1.807, 2.05) is 62.1 Å². The summed E-state index contributed by atoms with van der Waals surface area (Å²) in [5, 5.41) is 0.893. The molecule has 2 aromatic heterocycles. The Morgan fingerprint density at radius 2 is 1.78 bits per heavy atom. The number of aromatic nitrogens is 2. The van der Waals surface area contributed by atoms with E-state index in [0.29, 0.717) is 18.7 Å². The number of ether oxygens (including phenoxy) is 1. The van der Waals surface area contributed by atoms with Gasteiger partial charge in [0.25, 0.3) is 5.91 Å². The number of carbonyl (C=O) groups is 1. The Hall–Kier alpha value is -2.79. The standard InChI is InChI=1S/C22H23N3O2/c1-14-4-5-20-18(10-14)19(11-21(24-20)17-6-8-23-9-7-17)22(26)25-12-15(2)27-16(3)13-25/h4-11,15-16H,12-13H2,1-3H3/t15-,16-/m1/s1. The smallest absolute Gasteiger partial charge is 0.254 e. The summed E-state index contributed by atoms with van der Waals surface area (Å²) in [6.45, 7) is 7.25. The number of pyridine rings is 2. The van der Waals surface area contributed by atoms with Crippen molar-refractivity contribution in [3.05, 3.63) is 59.9 Å². The van der Waals surface area contributed by atoms with Crippen molar-refractivity contribution in [2.24, 2.45) is 0 Å². The zero-order chi connectivity index (χ0) is 19.0. The number of benzene rings is 1. The molecule has 3 aromatic rings. The lowest BCUT2D eigenvalue weighted by molar-refractivity contribution is -0.0585. The number of aryl methyl sites for hydroxylation is 1. The van der Waals surface area contributed by atoms with E-state index < -0.39 is 0 Å². The molecule has 1 fully saturated rings. The van der Waals surface area contributed by atoms with Gasteiger partial charge in [0.15, 0.2) is 0 Å². The van der Waals surface area contributed by atoms with E-state index in [4.69, 9.17) is 9.72 Å². The monoisotopic (exact) mass is 361 g/mol. The molecule has 1 aromatic carbocycles. The number of nitrogens with zero attached hydrogens (tertiary/aromatic N) is 3. The Labute approximate surface area is 159 Å². The van der Waals surface area contributed by atoms with Crippen molar-refractivity contribution in [2.75, 3.05) is 13.1 Å². The average molecular weight is 361 g/mol. The molecule has 1 amide bonds. The van der Waals surface area contributed by atoms with Gasteiger partial charge in [0.05, 0.1) is 29.0 Å². The molecule has 0 radical (unpaired) electrons. The quantitative estimate of drug-likeness (QED) is 0.696. The zero-order valence-electron chi connectivity index (χ0n) is 15.8. The maximum absolute atomic E-state index is 13.4. The normalized spacial score (nSPS) is 20.0. The summed E-state index contributed by atoms with van der Waals surface area (Å²) in [5.41, 5.74) is 4.36. The van der Waals surface area contributed by atoms with Crippen LogP contribution in [0.2, 0.25) is 0 Å². The molecule has 0 aliphatic carbocycles. The number of rotatable bonds is 2. The van der Waals surface area contributed by atoms with Crippen LogP contribution in [0.3, 0.4) is 0 Å². The van der Waals surface area contributed by atoms with Crippen LogP contribution in [0.5, 0.6) is 0 Å². The average Bonchev–Trinajstić information content (AvgIpc) is 2.66. The van der Waals surface area contributed by atoms with Gasteiger partial charge >= 0.3 is 0 Å². The van der Waals surface area contributed by atoms with Crippen LogP contribution in [0.25, 0.3) is 22.2 Å². The molecule has 5 heteroatoms. The van der Waals surface area contributed by atoms with Crippen molar-refractivity contribution in [2.45, 2.75) is 33.0 Å². The van der Waals surface area contributed by atoms with Gasteiger partial charge in [0, 0.05) is 36.4 Å². The molecule has 0 saturated carbocycles. The third kappa shape index (κ3) is 3.55. The van der Waals surface area contributed by atoms with E-state index in [1.165, 1.54) is 0 Å². The number of morpholine rings is 1. The number of fused-ring (bicyclic) bond motifs is 1. The Kier molecular flexibility index (Phi) is 4.62. The molecular formula is C22H23N3O2. The maximum atomic E-state index is 13.4. The van der Waals surface area contributed by atoms with E-state index in [1.54, 1.807) is 12.4 Å². The Balaban J connectivity index is 1.84. The molecule has 0 spiro atoms. The van der Waals surface area contributed by atoms with Gasteiger partial charge < -0.3 is 9.64 Å². The van der Waals surface area contributed by atoms with Crippen molar-refractivity contribution in [3.8, 4) is 11.3 Å². The van der Waals surface area contributed by atoms with Crippen LogP contribution in [0.4, 0.5) is 0 Å². The van der Waals surface area contributed by atoms with Crippen molar-refractivity contribution in [3.63, 3.8) is 0 Å². The Morgan fingerprint density at radius 3 is 2.48 bits per heavy atom. The number of carbonyl (C=O) groups excluding carboxylic acids is 1. The fourth-order valence-electron chi connectivity index (χ4n) is 3.70. The van der Waals surface area contributed by atoms with Gasteiger partial charge in [-0.05, 0) is 51.1 Å². The highest BCUT2D eigenvalue weighted by Crippen LogP contribution is 2.27. The van der Waals surface area contributed by atoms with Crippen LogP contribution in [-0.4, -0.2) is 46.1 Å². The molecule has 0 unspecified atom stereocenters. The summed E-state index contributed by atoms with van der Waals surface area (Å²) in [6.07, 6.45) is 3.55. The van der Waals surface area contributed by atoms with Gasteiger partial charge in [-0.2, -0.15) is 0 Å². The minimum atomic E-state index is 0.0327.